The number of aryl methyl sites for hydroxylation is 1. The van der Waals surface area contributed by atoms with E-state index in [2.05, 4.69) is 95.6 Å². The van der Waals surface area contributed by atoms with Crippen molar-refractivity contribution < 1.29 is 15.3 Å². The molecule has 3 aromatic carbocycles. The number of hydrogen-bond acceptors (Lipinski definition) is 3. The van der Waals surface area contributed by atoms with E-state index in [1.165, 1.54) is 0 Å². The number of benzene rings is 3. The van der Waals surface area contributed by atoms with Crippen molar-refractivity contribution in [2.24, 2.45) is 0 Å². The molecule has 3 nitrogen and oxygen atoms in total. The predicted octanol–water partition coefficient (Wildman–Crippen LogP) is 9.14. The van der Waals surface area contributed by atoms with Gasteiger partial charge in [-0.15, -0.1) is 0 Å². The van der Waals surface area contributed by atoms with Crippen molar-refractivity contribution in [1.29, 1.82) is 0 Å². The van der Waals surface area contributed by atoms with Gasteiger partial charge in [0.1, 0.15) is 17.2 Å². The summed E-state index contributed by atoms with van der Waals surface area (Å²) in [5.41, 5.74) is 3.08. The Bertz CT molecular complexity index is 989. The molecule has 0 unspecified atom stereocenters. The van der Waals surface area contributed by atoms with Gasteiger partial charge in [0.15, 0.2) is 0 Å². The summed E-state index contributed by atoms with van der Waals surface area (Å²) in [6.45, 7) is 0. The molecule has 158 valence electrons. The molecule has 0 spiro atoms. The summed E-state index contributed by atoms with van der Waals surface area (Å²) in [5.74, 6) is 0.458. The van der Waals surface area contributed by atoms with Gasteiger partial charge in [0.25, 0.3) is 0 Å². The zero-order valence-corrected chi connectivity index (χ0v) is 24.6. The lowest BCUT2D eigenvalue weighted by Crippen LogP contribution is -2.04. The van der Waals surface area contributed by atoms with Crippen LogP contribution in [0.3, 0.4) is 0 Å². The van der Waals surface area contributed by atoms with E-state index in [1.54, 1.807) is 0 Å². The number of phenolic OH excluding ortho intramolecular Hbond substituents is 3. The summed E-state index contributed by atoms with van der Waals surface area (Å²) in [5, 5.41) is 30.2. The van der Waals surface area contributed by atoms with E-state index in [1.807, 2.05) is 36.4 Å². The smallest absolute Gasteiger partial charge is 0.143 e. The minimum Gasteiger partial charge on any atom is -0.506 e. The fourth-order valence-corrected chi connectivity index (χ4v) is 6.90. The Morgan fingerprint density at radius 1 is 0.533 bits per heavy atom. The third-order valence-corrected chi connectivity index (χ3v) is 8.31. The molecule has 0 heterocycles. The van der Waals surface area contributed by atoms with Crippen molar-refractivity contribution in [3.05, 3.63) is 79.9 Å². The Hall–Kier alpha value is -0.0600. The van der Waals surface area contributed by atoms with Crippen LogP contribution in [0.1, 0.15) is 29.0 Å². The third-order valence-electron chi connectivity index (χ3n) is 4.68. The number of aromatic hydroxyl groups is 3. The van der Waals surface area contributed by atoms with Gasteiger partial charge in [-0.1, -0.05) is 0 Å². The van der Waals surface area contributed by atoms with Crippen LogP contribution in [0.15, 0.2) is 63.2 Å². The molecule has 0 aliphatic heterocycles. The molecular weight excluding hydrogens is 780 g/mol. The van der Waals surface area contributed by atoms with E-state index < -0.39 is 0 Å². The lowest BCUT2D eigenvalue weighted by Gasteiger charge is -2.21. The first-order chi connectivity index (χ1) is 14.1. The molecule has 9 heteroatoms. The zero-order valence-electron chi connectivity index (χ0n) is 15.1. The van der Waals surface area contributed by atoms with E-state index in [4.69, 9.17) is 0 Å². The van der Waals surface area contributed by atoms with Crippen LogP contribution in [0.5, 0.6) is 17.2 Å². The van der Waals surface area contributed by atoms with Gasteiger partial charge >= 0.3 is 0 Å². The molecule has 0 fully saturated rings. The van der Waals surface area contributed by atoms with Crippen LogP contribution in [0.25, 0.3) is 0 Å². The van der Waals surface area contributed by atoms with Crippen LogP contribution in [0.2, 0.25) is 0 Å². The number of rotatable bonds is 5. The summed E-state index contributed by atoms with van der Waals surface area (Å²) in [6, 6.07) is 11.4. The Kier molecular flexibility index (Phi) is 8.40. The Balaban J connectivity index is 2.04. The second kappa shape index (κ2) is 10.3. The molecule has 0 aliphatic rings. The third kappa shape index (κ3) is 5.46. The van der Waals surface area contributed by atoms with Gasteiger partial charge < -0.3 is 15.3 Å². The van der Waals surface area contributed by atoms with Crippen LogP contribution in [-0.2, 0) is 6.42 Å². The fourth-order valence-electron chi connectivity index (χ4n) is 3.17. The van der Waals surface area contributed by atoms with Gasteiger partial charge in [0.2, 0.25) is 0 Å². The predicted molar refractivity (Wildman–Crippen MR) is 141 cm³/mol. The highest BCUT2D eigenvalue weighted by molar-refractivity contribution is 9.11. The SMILES string of the molecule is Oc1c(Br)cc(CCC(c2cc(Br)c(O)c(Br)c2)c2cc(Br)c(O)c(Br)c2)cc1Br. The number of hydrogen-bond donors (Lipinski definition) is 3. The lowest BCUT2D eigenvalue weighted by atomic mass is 9.86. The molecule has 0 bridgehead atoms. The quantitative estimate of drug-likeness (QED) is 0.242. The average Bonchev–Trinajstić information content (AvgIpc) is 2.68. The van der Waals surface area contributed by atoms with Crippen LogP contribution in [0, 0.1) is 0 Å². The van der Waals surface area contributed by atoms with Crippen LogP contribution < -0.4 is 0 Å². The summed E-state index contributed by atoms with van der Waals surface area (Å²) in [6.07, 6.45) is 1.51. The van der Waals surface area contributed by atoms with Gasteiger partial charge in [-0.25, -0.2) is 0 Å². The van der Waals surface area contributed by atoms with Crippen LogP contribution in [0.4, 0.5) is 0 Å². The highest BCUT2D eigenvalue weighted by atomic mass is 79.9. The molecule has 0 aliphatic carbocycles. The summed E-state index contributed by atoms with van der Waals surface area (Å²) in [4.78, 5) is 0. The zero-order chi connectivity index (χ0) is 22.2. The van der Waals surface area contributed by atoms with Gasteiger partial charge in [-0.05, 0) is 162 Å². The first kappa shape index (κ1) is 24.6. The Labute approximate surface area is 224 Å². The molecule has 3 rings (SSSR count). The normalized spacial score (nSPS) is 11.3. The monoisotopic (exact) mass is 788 g/mol. The Morgan fingerprint density at radius 2 is 0.833 bits per heavy atom. The number of phenols is 3. The molecule has 0 atom stereocenters. The average molecular weight is 794 g/mol. The van der Waals surface area contributed by atoms with Crippen molar-refractivity contribution in [1.82, 2.24) is 0 Å². The van der Waals surface area contributed by atoms with Gasteiger partial charge in [-0.2, -0.15) is 0 Å². The Morgan fingerprint density at radius 3 is 1.17 bits per heavy atom. The van der Waals surface area contributed by atoms with Crippen molar-refractivity contribution in [3.63, 3.8) is 0 Å². The van der Waals surface area contributed by atoms with Crippen molar-refractivity contribution in [2.75, 3.05) is 0 Å². The van der Waals surface area contributed by atoms with E-state index in [0.717, 1.165) is 29.5 Å². The fraction of sp³-hybridized carbons (Fsp3) is 0.143. The van der Waals surface area contributed by atoms with E-state index in [0.29, 0.717) is 26.8 Å². The lowest BCUT2D eigenvalue weighted by molar-refractivity contribution is 0.467. The molecule has 0 saturated heterocycles. The topological polar surface area (TPSA) is 60.7 Å². The molecule has 0 aromatic heterocycles. The maximum absolute atomic E-state index is 10.1. The van der Waals surface area contributed by atoms with E-state index >= 15 is 0 Å². The largest absolute Gasteiger partial charge is 0.506 e. The van der Waals surface area contributed by atoms with Crippen LogP contribution >= 0.6 is 95.6 Å². The first-order valence-corrected chi connectivity index (χ1v) is 13.4. The maximum Gasteiger partial charge on any atom is 0.143 e. The summed E-state index contributed by atoms with van der Waals surface area (Å²) < 4.78 is 3.67. The van der Waals surface area contributed by atoms with Crippen molar-refractivity contribution >= 4 is 95.6 Å². The summed E-state index contributed by atoms with van der Waals surface area (Å²) >= 11 is 20.5. The molecule has 3 aromatic rings. The van der Waals surface area contributed by atoms with Gasteiger partial charge in [0, 0.05) is 5.92 Å². The molecule has 30 heavy (non-hydrogen) atoms. The first-order valence-electron chi connectivity index (χ1n) is 8.61. The summed E-state index contributed by atoms with van der Waals surface area (Å²) in [7, 11) is 0. The van der Waals surface area contributed by atoms with E-state index in [-0.39, 0.29) is 23.2 Å². The molecule has 0 radical (unpaired) electrons. The standard InChI is InChI=1S/C21H14Br6O3/c22-13-3-9(4-14(23)19(13)28)1-2-12(10-5-15(24)20(29)16(25)6-10)11-7-17(26)21(30)18(27)8-11/h3-8,12,28-30H,1-2H2. The van der Waals surface area contributed by atoms with Crippen molar-refractivity contribution in [2.45, 2.75) is 18.8 Å². The minimum absolute atomic E-state index is 0.0160. The number of halogens is 6. The molecule has 0 amide bonds. The highest BCUT2D eigenvalue weighted by Crippen LogP contribution is 2.42. The molecular formula is C21H14Br6O3. The van der Waals surface area contributed by atoms with Gasteiger partial charge in [0.05, 0.1) is 26.8 Å². The molecule has 3 N–H and O–H groups in total. The van der Waals surface area contributed by atoms with Gasteiger partial charge in [-0.3, -0.25) is 0 Å². The van der Waals surface area contributed by atoms with Crippen LogP contribution in [-0.4, -0.2) is 15.3 Å². The second-order valence-electron chi connectivity index (χ2n) is 6.67. The minimum atomic E-state index is -0.0160. The molecule has 0 saturated carbocycles. The highest BCUT2D eigenvalue weighted by Gasteiger charge is 2.20. The maximum atomic E-state index is 10.1. The van der Waals surface area contributed by atoms with Crippen molar-refractivity contribution in [3.8, 4) is 17.2 Å². The second-order valence-corrected chi connectivity index (χ2v) is 11.8. The van der Waals surface area contributed by atoms with E-state index in [9.17, 15) is 15.3 Å².